The van der Waals surface area contributed by atoms with Crippen molar-refractivity contribution in [3.8, 4) is 0 Å². The molecule has 5 heteroatoms. The highest BCUT2D eigenvalue weighted by Crippen LogP contribution is 2.47. The van der Waals surface area contributed by atoms with Gasteiger partial charge in [0.1, 0.15) is 0 Å². The van der Waals surface area contributed by atoms with Crippen LogP contribution in [0, 0.1) is 5.41 Å². The fourth-order valence-corrected chi connectivity index (χ4v) is 2.98. The Labute approximate surface area is 100 Å². The molecule has 0 saturated heterocycles. The quantitative estimate of drug-likeness (QED) is 0.736. The van der Waals surface area contributed by atoms with Crippen LogP contribution in [0.5, 0.6) is 0 Å². The number of hydrogen-bond donors (Lipinski definition) is 1. The first-order chi connectivity index (χ1) is 8.32. The molecule has 1 fully saturated rings. The summed E-state index contributed by atoms with van der Waals surface area (Å²) < 4.78 is 7.35. The molecule has 1 aromatic heterocycles. The first kappa shape index (κ1) is 10.9. The highest BCUT2D eigenvalue weighted by molar-refractivity contribution is 5.04. The van der Waals surface area contributed by atoms with E-state index in [0.717, 1.165) is 19.3 Å². The Kier molecular flexibility index (Phi) is 2.72. The van der Waals surface area contributed by atoms with Crippen molar-refractivity contribution >= 4 is 0 Å². The lowest BCUT2D eigenvalue weighted by molar-refractivity contribution is -0.0285. The van der Waals surface area contributed by atoms with Crippen LogP contribution in [-0.2, 0) is 4.74 Å². The predicted molar refractivity (Wildman–Crippen MR) is 61.3 cm³/mol. The molecule has 92 valence electrons. The molecule has 2 heterocycles. The van der Waals surface area contributed by atoms with Crippen LogP contribution in [-0.4, -0.2) is 39.4 Å². The van der Waals surface area contributed by atoms with Crippen LogP contribution in [0.1, 0.15) is 25.3 Å². The van der Waals surface area contributed by atoms with E-state index in [9.17, 15) is 5.11 Å². The maximum absolute atomic E-state index is 10.6. The summed E-state index contributed by atoms with van der Waals surface area (Å²) in [6.07, 6.45) is 10.0. The monoisotopic (exact) mass is 235 g/mol. The average Bonchev–Trinajstić information content (AvgIpc) is 2.86. The molecule has 0 unspecified atom stereocenters. The van der Waals surface area contributed by atoms with Gasteiger partial charge in [0.05, 0.1) is 31.6 Å². The van der Waals surface area contributed by atoms with Crippen molar-refractivity contribution in [3.63, 3.8) is 0 Å². The van der Waals surface area contributed by atoms with Crippen molar-refractivity contribution in [1.29, 1.82) is 0 Å². The predicted octanol–water partition coefficient (Wildman–Crippen LogP) is 0.937. The molecule has 1 saturated carbocycles. The summed E-state index contributed by atoms with van der Waals surface area (Å²) in [5.74, 6) is 0. The van der Waals surface area contributed by atoms with Crippen molar-refractivity contribution in [2.24, 2.45) is 5.41 Å². The normalized spacial score (nSPS) is 37.5. The second-order valence-electron chi connectivity index (χ2n) is 4.99. The minimum atomic E-state index is -0.410. The van der Waals surface area contributed by atoms with Crippen molar-refractivity contribution in [2.75, 3.05) is 13.2 Å². The Morgan fingerprint density at radius 1 is 1.41 bits per heavy atom. The van der Waals surface area contributed by atoms with Crippen LogP contribution >= 0.6 is 0 Å². The zero-order valence-corrected chi connectivity index (χ0v) is 9.70. The number of hydrogen-bond acceptors (Lipinski definition) is 4. The minimum Gasteiger partial charge on any atom is -0.390 e. The molecule has 17 heavy (non-hydrogen) atoms. The third-order valence-corrected chi connectivity index (χ3v) is 4.01. The van der Waals surface area contributed by atoms with Gasteiger partial charge >= 0.3 is 0 Å². The summed E-state index contributed by atoms with van der Waals surface area (Å²) in [6, 6.07) is 0.0348. The van der Waals surface area contributed by atoms with Crippen molar-refractivity contribution in [2.45, 2.75) is 31.4 Å². The summed E-state index contributed by atoms with van der Waals surface area (Å²) in [7, 11) is 0. The molecule has 1 aromatic rings. The van der Waals surface area contributed by atoms with Crippen LogP contribution in [0.4, 0.5) is 0 Å². The summed E-state index contributed by atoms with van der Waals surface area (Å²) in [4.78, 5) is 0. The molecule has 0 bridgehead atoms. The molecule has 1 N–H and O–H groups in total. The van der Waals surface area contributed by atoms with Gasteiger partial charge in [0.25, 0.3) is 0 Å². The summed E-state index contributed by atoms with van der Waals surface area (Å²) in [5, 5.41) is 18.4. The van der Waals surface area contributed by atoms with E-state index in [0.29, 0.717) is 13.2 Å². The van der Waals surface area contributed by atoms with Crippen LogP contribution in [0.25, 0.3) is 0 Å². The lowest BCUT2D eigenvalue weighted by atomic mass is 9.81. The first-order valence-electron chi connectivity index (χ1n) is 6.08. The standard InChI is InChI=1S/C12H17N3O2/c16-11-10(15-7-6-13-14-15)3-5-12(11)4-1-2-8-17-9-12/h1-2,6-7,10-11,16H,3-5,8-9H2/t10-,11+,12+/m1/s1. The average molecular weight is 235 g/mol. The summed E-state index contributed by atoms with van der Waals surface area (Å²) in [5.41, 5.74) is -0.135. The lowest BCUT2D eigenvalue weighted by Gasteiger charge is -2.31. The van der Waals surface area contributed by atoms with E-state index in [4.69, 9.17) is 4.74 Å². The summed E-state index contributed by atoms with van der Waals surface area (Å²) >= 11 is 0. The Bertz CT molecular complexity index is 404. The van der Waals surface area contributed by atoms with E-state index in [1.165, 1.54) is 0 Å². The third kappa shape index (κ3) is 1.79. The van der Waals surface area contributed by atoms with Gasteiger partial charge in [-0.3, -0.25) is 0 Å². The van der Waals surface area contributed by atoms with Gasteiger partial charge < -0.3 is 9.84 Å². The van der Waals surface area contributed by atoms with Gasteiger partial charge in [-0.1, -0.05) is 17.4 Å². The molecule has 3 rings (SSSR count). The molecule has 1 aliphatic carbocycles. The topological polar surface area (TPSA) is 60.2 Å². The van der Waals surface area contributed by atoms with Crippen LogP contribution in [0.2, 0.25) is 0 Å². The number of aliphatic hydroxyl groups is 1. The fraction of sp³-hybridized carbons (Fsp3) is 0.667. The molecule has 0 amide bonds. The number of allylic oxidation sites excluding steroid dienone is 1. The SMILES string of the molecule is O[C@H]1[C@H](n2ccnn2)CC[C@]12CC=CCOC2. The molecule has 5 nitrogen and oxygen atoms in total. The van der Waals surface area contributed by atoms with Gasteiger partial charge in [0.15, 0.2) is 0 Å². The van der Waals surface area contributed by atoms with E-state index in [1.807, 2.05) is 12.3 Å². The number of ether oxygens (including phenoxy) is 1. The smallest absolute Gasteiger partial charge is 0.0845 e. The second kappa shape index (κ2) is 4.23. The van der Waals surface area contributed by atoms with Crippen molar-refractivity contribution < 1.29 is 9.84 Å². The van der Waals surface area contributed by atoms with Crippen LogP contribution in [0.15, 0.2) is 24.5 Å². The molecular weight excluding hydrogens is 218 g/mol. The summed E-state index contributed by atoms with van der Waals surface area (Å²) in [6.45, 7) is 1.29. The minimum absolute atomic E-state index is 0.0348. The van der Waals surface area contributed by atoms with Gasteiger partial charge in [0.2, 0.25) is 0 Å². The Hall–Kier alpha value is -1.20. The number of aliphatic hydroxyl groups excluding tert-OH is 1. The Balaban J connectivity index is 1.83. The van der Waals surface area contributed by atoms with E-state index in [2.05, 4.69) is 16.4 Å². The van der Waals surface area contributed by atoms with Crippen molar-refractivity contribution in [3.05, 3.63) is 24.5 Å². The molecule has 0 radical (unpaired) electrons. The number of nitrogens with zero attached hydrogens (tertiary/aromatic N) is 3. The largest absolute Gasteiger partial charge is 0.390 e. The zero-order valence-electron chi connectivity index (χ0n) is 9.70. The Morgan fingerprint density at radius 2 is 2.35 bits per heavy atom. The van der Waals surface area contributed by atoms with Gasteiger partial charge in [-0.15, -0.1) is 5.10 Å². The maximum atomic E-state index is 10.6. The number of rotatable bonds is 1. The molecular formula is C12H17N3O2. The maximum Gasteiger partial charge on any atom is 0.0845 e. The molecule has 1 aliphatic heterocycles. The number of aromatic nitrogens is 3. The Morgan fingerprint density at radius 3 is 3.18 bits per heavy atom. The highest BCUT2D eigenvalue weighted by Gasteiger charge is 2.48. The van der Waals surface area contributed by atoms with E-state index >= 15 is 0 Å². The fourth-order valence-electron chi connectivity index (χ4n) is 2.98. The second-order valence-corrected chi connectivity index (χ2v) is 4.99. The van der Waals surface area contributed by atoms with Gasteiger partial charge in [-0.2, -0.15) is 0 Å². The molecule has 1 spiro atoms. The van der Waals surface area contributed by atoms with E-state index in [-0.39, 0.29) is 11.5 Å². The van der Waals surface area contributed by atoms with Crippen molar-refractivity contribution in [1.82, 2.24) is 15.0 Å². The molecule has 0 aromatic carbocycles. The van der Waals surface area contributed by atoms with Gasteiger partial charge in [0, 0.05) is 11.6 Å². The molecule has 2 aliphatic rings. The van der Waals surface area contributed by atoms with E-state index < -0.39 is 6.10 Å². The zero-order chi connectivity index (χ0) is 11.7. The molecule has 3 atom stereocenters. The third-order valence-electron chi connectivity index (χ3n) is 4.01. The van der Waals surface area contributed by atoms with Gasteiger partial charge in [-0.25, -0.2) is 4.68 Å². The highest BCUT2D eigenvalue weighted by atomic mass is 16.5. The van der Waals surface area contributed by atoms with E-state index in [1.54, 1.807) is 10.9 Å². The first-order valence-corrected chi connectivity index (χ1v) is 6.08. The van der Waals surface area contributed by atoms with Gasteiger partial charge in [-0.05, 0) is 19.3 Å². The lowest BCUT2D eigenvalue weighted by Crippen LogP contribution is -2.37. The van der Waals surface area contributed by atoms with Crippen LogP contribution in [0.3, 0.4) is 0 Å². The van der Waals surface area contributed by atoms with Crippen LogP contribution < -0.4 is 0 Å².